The Morgan fingerprint density at radius 1 is 1.37 bits per heavy atom. The van der Waals surface area contributed by atoms with Crippen molar-refractivity contribution in [3.05, 3.63) is 33.8 Å². The van der Waals surface area contributed by atoms with Gasteiger partial charge in [0, 0.05) is 16.1 Å². The van der Waals surface area contributed by atoms with Crippen LogP contribution in [0.5, 0.6) is 0 Å². The highest BCUT2D eigenvalue weighted by Crippen LogP contribution is 2.26. The molecule has 0 heterocycles. The zero-order valence-corrected chi connectivity index (χ0v) is 12.2. The number of hydrogen-bond donors (Lipinski definition) is 2. The zero-order chi connectivity index (χ0) is 14.0. The van der Waals surface area contributed by atoms with Gasteiger partial charge >= 0.3 is 5.97 Å². The van der Waals surface area contributed by atoms with Crippen molar-refractivity contribution in [1.82, 2.24) is 5.32 Å². The number of rotatable bonds is 3. The molecule has 0 aliphatic heterocycles. The molecule has 0 bridgehead atoms. The third kappa shape index (κ3) is 3.35. The molecule has 4 nitrogen and oxygen atoms in total. The van der Waals surface area contributed by atoms with Gasteiger partial charge < -0.3 is 10.4 Å². The summed E-state index contributed by atoms with van der Waals surface area (Å²) < 4.78 is 0.968. The van der Waals surface area contributed by atoms with Crippen molar-refractivity contribution >= 4 is 27.8 Å². The normalized spacial score (nSPS) is 22.2. The highest BCUT2D eigenvalue weighted by atomic mass is 79.9. The molecule has 0 radical (unpaired) electrons. The summed E-state index contributed by atoms with van der Waals surface area (Å²) in [6.45, 7) is 1.93. The van der Waals surface area contributed by atoms with Gasteiger partial charge in [-0.3, -0.25) is 9.59 Å². The number of hydrogen-bond acceptors (Lipinski definition) is 2. The van der Waals surface area contributed by atoms with Crippen LogP contribution in [0, 0.1) is 12.8 Å². The van der Waals surface area contributed by atoms with E-state index >= 15 is 0 Å². The quantitative estimate of drug-likeness (QED) is 0.897. The van der Waals surface area contributed by atoms with Crippen molar-refractivity contribution in [2.24, 2.45) is 5.92 Å². The molecule has 1 fully saturated rings. The fraction of sp³-hybridized carbons (Fsp3) is 0.429. The summed E-state index contributed by atoms with van der Waals surface area (Å²) in [5, 5.41) is 11.8. The predicted molar refractivity (Wildman–Crippen MR) is 75.1 cm³/mol. The topological polar surface area (TPSA) is 66.4 Å². The van der Waals surface area contributed by atoms with E-state index in [-0.39, 0.29) is 17.9 Å². The summed E-state index contributed by atoms with van der Waals surface area (Å²) in [7, 11) is 0. The van der Waals surface area contributed by atoms with Crippen LogP contribution in [0.3, 0.4) is 0 Å². The molecule has 0 unspecified atom stereocenters. The lowest BCUT2D eigenvalue weighted by Gasteiger charge is -2.13. The number of aryl methyl sites for hydroxylation is 1. The van der Waals surface area contributed by atoms with Gasteiger partial charge in [-0.05, 0) is 49.9 Å². The first-order valence-electron chi connectivity index (χ1n) is 6.27. The van der Waals surface area contributed by atoms with E-state index in [1.807, 2.05) is 19.1 Å². The molecular weight excluding hydrogens is 310 g/mol. The minimum atomic E-state index is -0.767. The van der Waals surface area contributed by atoms with Crippen LogP contribution in [0.15, 0.2) is 22.7 Å². The number of carbonyl (C=O) groups excluding carboxylic acids is 1. The molecule has 1 aliphatic rings. The van der Waals surface area contributed by atoms with Crippen molar-refractivity contribution in [3.63, 3.8) is 0 Å². The molecule has 0 spiro atoms. The van der Waals surface area contributed by atoms with Gasteiger partial charge in [0.1, 0.15) is 0 Å². The first kappa shape index (κ1) is 14.1. The van der Waals surface area contributed by atoms with E-state index in [0.29, 0.717) is 18.4 Å². The SMILES string of the molecule is Cc1cc(C(=O)N[C@@H]2CC[C@H](C(=O)O)C2)ccc1Br. The Kier molecular flexibility index (Phi) is 4.24. The molecule has 2 N–H and O–H groups in total. The van der Waals surface area contributed by atoms with E-state index in [9.17, 15) is 9.59 Å². The molecule has 0 aromatic heterocycles. The Bertz CT molecular complexity index is 515. The maximum atomic E-state index is 12.1. The number of carboxylic acids is 1. The van der Waals surface area contributed by atoms with Crippen LogP contribution in [0.25, 0.3) is 0 Å². The number of carboxylic acid groups (broad SMARTS) is 1. The van der Waals surface area contributed by atoms with Crippen molar-refractivity contribution < 1.29 is 14.7 Å². The van der Waals surface area contributed by atoms with Crippen LogP contribution in [0.4, 0.5) is 0 Å². The molecule has 2 rings (SSSR count). The average Bonchev–Trinajstić information content (AvgIpc) is 2.81. The number of aliphatic carboxylic acids is 1. The third-order valence-electron chi connectivity index (χ3n) is 3.54. The average molecular weight is 326 g/mol. The van der Waals surface area contributed by atoms with Crippen LogP contribution in [-0.2, 0) is 4.79 Å². The first-order chi connectivity index (χ1) is 8.97. The third-order valence-corrected chi connectivity index (χ3v) is 4.43. The molecule has 102 valence electrons. The van der Waals surface area contributed by atoms with Crippen molar-refractivity contribution in [2.75, 3.05) is 0 Å². The molecule has 1 aromatic carbocycles. The van der Waals surface area contributed by atoms with Gasteiger partial charge in [0.05, 0.1) is 5.92 Å². The first-order valence-corrected chi connectivity index (χ1v) is 7.06. The highest BCUT2D eigenvalue weighted by Gasteiger charge is 2.30. The van der Waals surface area contributed by atoms with Crippen molar-refractivity contribution in [3.8, 4) is 0 Å². The molecule has 19 heavy (non-hydrogen) atoms. The molecule has 1 saturated carbocycles. The van der Waals surface area contributed by atoms with Gasteiger partial charge in [0.2, 0.25) is 0 Å². The fourth-order valence-electron chi connectivity index (χ4n) is 2.39. The number of benzene rings is 1. The minimum Gasteiger partial charge on any atom is -0.481 e. The Morgan fingerprint density at radius 2 is 2.11 bits per heavy atom. The van der Waals surface area contributed by atoms with E-state index in [1.54, 1.807) is 6.07 Å². The summed E-state index contributed by atoms with van der Waals surface area (Å²) in [6, 6.07) is 5.40. The summed E-state index contributed by atoms with van der Waals surface area (Å²) in [6.07, 6.45) is 1.90. The van der Waals surface area contributed by atoms with Crippen molar-refractivity contribution in [2.45, 2.75) is 32.2 Å². The lowest BCUT2D eigenvalue weighted by molar-refractivity contribution is -0.141. The smallest absolute Gasteiger partial charge is 0.306 e. The minimum absolute atomic E-state index is 0.0300. The number of nitrogens with one attached hydrogen (secondary N) is 1. The van der Waals surface area contributed by atoms with E-state index in [4.69, 9.17) is 5.11 Å². The Balaban J connectivity index is 1.98. The fourth-order valence-corrected chi connectivity index (χ4v) is 2.64. The summed E-state index contributed by atoms with van der Waals surface area (Å²) >= 11 is 3.39. The van der Waals surface area contributed by atoms with Gasteiger partial charge in [-0.15, -0.1) is 0 Å². The highest BCUT2D eigenvalue weighted by molar-refractivity contribution is 9.10. The predicted octanol–water partition coefficient (Wildman–Crippen LogP) is 2.74. The van der Waals surface area contributed by atoms with E-state index in [0.717, 1.165) is 16.5 Å². The molecule has 1 aliphatic carbocycles. The van der Waals surface area contributed by atoms with Crippen molar-refractivity contribution in [1.29, 1.82) is 0 Å². The Morgan fingerprint density at radius 3 is 2.68 bits per heavy atom. The lowest BCUT2D eigenvalue weighted by Crippen LogP contribution is -2.33. The van der Waals surface area contributed by atoms with E-state index in [1.165, 1.54) is 0 Å². The summed E-state index contributed by atoms with van der Waals surface area (Å²) in [4.78, 5) is 22.9. The summed E-state index contributed by atoms with van der Waals surface area (Å²) in [5.41, 5.74) is 1.61. The van der Waals surface area contributed by atoms with Crippen LogP contribution in [0.1, 0.15) is 35.2 Å². The second-order valence-electron chi connectivity index (χ2n) is 4.98. The summed E-state index contributed by atoms with van der Waals surface area (Å²) in [5.74, 6) is -1.22. The maximum absolute atomic E-state index is 12.1. The number of amides is 1. The molecule has 0 saturated heterocycles. The lowest BCUT2D eigenvalue weighted by atomic mass is 10.1. The van der Waals surface area contributed by atoms with Crippen LogP contribution < -0.4 is 5.32 Å². The molecule has 2 atom stereocenters. The van der Waals surface area contributed by atoms with Gasteiger partial charge in [0.15, 0.2) is 0 Å². The Hall–Kier alpha value is -1.36. The second kappa shape index (κ2) is 5.74. The molecule has 1 amide bonds. The second-order valence-corrected chi connectivity index (χ2v) is 5.84. The van der Waals surface area contributed by atoms with Gasteiger partial charge in [-0.2, -0.15) is 0 Å². The standard InChI is InChI=1S/C14H16BrNO3/c1-8-6-9(3-5-12(8)15)13(17)16-11-4-2-10(7-11)14(18)19/h3,5-6,10-11H,2,4,7H2,1H3,(H,16,17)(H,18,19)/t10-,11+/m0/s1. The number of halogens is 1. The largest absolute Gasteiger partial charge is 0.481 e. The zero-order valence-electron chi connectivity index (χ0n) is 10.6. The molecule has 1 aromatic rings. The molecule has 5 heteroatoms. The maximum Gasteiger partial charge on any atom is 0.306 e. The number of carbonyl (C=O) groups is 2. The van der Waals surface area contributed by atoms with E-state index < -0.39 is 5.97 Å². The van der Waals surface area contributed by atoms with E-state index in [2.05, 4.69) is 21.2 Å². The van der Waals surface area contributed by atoms with Gasteiger partial charge in [-0.1, -0.05) is 15.9 Å². The molecular formula is C14H16BrNO3. The van der Waals surface area contributed by atoms with Gasteiger partial charge in [0.25, 0.3) is 5.91 Å². The Labute approximate surface area is 120 Å². The van der Waals surface area contributed by atoms with Crippen LogP contribution in [0.2, 0.25) is 0 Å². The van der Waals surface area contributed by atoms with Gasteiger partial charge in [-0.25, -0.2) is 0 Å². The van der Waals surface area contributed by atoms with Crippen LogP contribution >= 0.6 is 15.9 Å². The monoisotopic (exact) mass is 325 g/mol. The van der Waals surface area contributed by atoms with Crippen LogP contribution in [-0.4, -0.2) is 23.0 Å².